The van der Waals surface area contributed by atoms with Crippen LogP contribution in [0.25, 0.3) is 0 Å². The molecule has 4 nitrogen and oxygen atoms in total. The van der Waals surface area contributed by atoms with Crippen molar-refractivity contribution in [1.29, 1.82) is 0 Å². The molecule has 136 valence electrons. The highest BCUT2D eigenvalue weighted by atomic mass is 32.1. The van der Waals surface area contributed by atoms with Gasteiger partial charge in [-0.2, -0.15) is 0 Å². The Bertz CT molecular complexity index is 486. The van der Waals surface area contributed by atoms with Crippen LogP contribution in [-0.2, 0) is 14.4 Å². The van der Waals surface area contributed by atoms with Gasteiger partial charge in [0, 0.05) is 25.3 Å². The van der Waals surface area contributed by atoms with Crippen LogP contribution < -0.4 is 0 Å². The van der Waals surface area contributed by atoms with E-state index < -0.39 is 0 Å². The summed E-state index contributed by atoms with van der Waals surface area (Å²) in [6.45, 7) is 5.12. The van der Waals surface area contributed by atoms with E-state index in [9.17, 15) is 19.2 Å². The van der Waals surface area contributed by atoms with Gasteiger partial charge in [0.15, 0.2) is 15.3 Å². The summed E-state index contributed by atoms with van der Waals surface area (Å²) in [5.74, 6) is 0. The Hall–Kier alpha value is -0.700. The molecule has 1 aromatic rings. The highest BCUT2D eigenvalue weighted by Crippen LogP contribution is 2.00. The monoisotopic (exact) mass is 408 g/mol. The Morgan fingerprint density at radius 1 is 0.833 bits per heavy atom. The third kappa shape index (κ3) is 33.0. The molecule has 0 heterocycles. The molecule has 0 aliphatic carbocycles. The molecule has 24 heavy (non-hydrogen) atoms. The third-order valence-electron chi connectivity index (χ3n) is 1.79. The lowest BCUT2D eigenvalue weighted by Crippen LogP contribution is -1.84. The maximum Gasteiger partial charge on any atom is 0.216 e. The lowest BCUT2D eigenvalue weighted by atomic mass is 10.2. The van der Waals surface area contributed by atoms with Gasteiger partial charge in [0.2, 0.25) is 5.12 Å². The van der Waals surface area contributed by atoms with Crippen LogP contribution in [0.5, 0.6) is 0 Å². The van der Waals surface area contributed by atoms with Crippen molar-refractivity contribution in [2.45, 2.75) is 40.0 Å². The first kappa shape index (κ1) is 28.1. The molecule has 0 aliphatic rings. The molecule has 0 bridgehead atoms. The summed E-state index contributed by atoms with van der Waals surface area (Å²) in [6.07, 6.45) is 2.04. The van der Waals surface area contributed by atoms with Crippen LogP contribution in [0.2, 0.25) is 0 Å². The lowest BCUT2D eigenvalue weighted by molar-refractivity contribution is -0.111. The van der Waals surface area contributed by atoms with Gasteiger partial charge in [-0.1, -0.05) is 44.2 Å². The molecular formula is C16H24O4S4. The number of hydrogen-bond donors (Lipinski definition) is 4. The topological polar surface area (TPSA) is 68.3 Å². The zero-order valence-corrected chi connectivity index (χ0v) is 17.5. The second-order valence-corrected chi connectivity index (χ2v) is 6.11. The molecule has 1 aromatic carbocycles. The fourth-order valence-corrected chi connectivity index (χ4v) is 1.17. The average Bonchev–Trinajstić information content (AvgIpc) is 2.48. The molecule has 0 amide bonds. The van der Waals surface area contributed by atoms with E-state index in [4.69, 9.17) is 0 Å². The SMILES string of the molecule is CC(=O)S.CCC(=O)S.CCCC(=O)S.O=C(S)c1ccccc1. The normalized spacial score (nSPS) is 8.12. The quantitative estimate of drug-likeness (QED) is 0.560. The summed E-state index contributed by atoms with van der Waals surface area (Å²) in [6, 6.07) is 8.94. The molecule has 0 aromatic heterocycles. The second kappa shape index (κ2) is 20.3. The first-order chi connectivity index (χ1) is 11.1. The molecule has 0 unspecified atom stereocenters. The molecule has 0 spiro atoms. The van der Waals surface area contributed by atoms with Crippen molar-refractivity contribution in [1.82, 2.24) is 0 Å². The van der Waals surface area contributed by atoms with E-state index in [0.29, 0.717) is 18.4 Å². The van der Waals surface area contributed by atoms with Gasteiger partial charge in [0.05, 0.1) is 0 Å². The summed E-state index contributed by atoms with van der Waals surface area (Å²) in [5.41, 5.74) is 0.640. The minimum atomic E-state index is -0.185. The van der Waals surface area contributed by atoms with Crippen molar-refractivity contribution in [3.05, 3.63) is 35.9 Å². The zero-order valence-electron chi connectivity index (χ0n) is 13.9. The van der Waals surface area contributed by atoms with Gasteiger partial charge in [-0.05, 0) is 6.42 Å². The van der Waals surface area contributed by atoms with E-state index in [1.165, 1.54) is 6.92 Å². The Kier molecular flexibility index (Phi) is 23.8. The average molecular weight is 409 g/mol. The van der Waals surface area contributed by atoms with Gasteiger partial charge in [-0.25, -0.2) is 0 Å². The van der Waals surface area contributed by atoms with Gasteiger partial charge >= 0.3 is 0 Å². The maximum atomic E-state index is 10.5. The molecule has 0 aliphatic heterocycles. The molecule has 8 heteroatoms. The van der Waals surface area contributed by atoms with Crippen molar-refractivity contribution >= 4 is 71.0 Å². The third-order valence-corrected chi connectivity index (χ3v) is 2.59. The highest BCUT2D eigenvalue weighted by Gasteiger charge is 1.94. The number of hydrogen-bond acceptors (Lipinski definition) is 4. The minimum Gasteiger partial charge on any atom is -0.288 e. The van der Waals surface area contributed by atoms with Crippen molar-refractivity contribution in [3.8, 4) is 0 Å². The smallest absolute Gasteiger partial charge is 0.216 e. The van der Waals surface area contributed by atoms with Gasteiger partial charge in [-0.3, -0.25) is 19.2 Å². The second-order valence-electron chi connectivity index (χ2n) is 4.08. The van der Waals surface area contributed by atoms with Gasteiger partial charge in [-0.15, -0.1) is 50.5 Å². The molecular weight excluding hydrogens is 384 g/mol. The van der Waals surface area contributed by atoms with Crippen LogP contribution in [-0.4, -0.2) is 20.5 Å². The zero-order chi connectivity index (χ0) is 19.5. The van der Waals surface area contributed by atoms with Crippen LogP contribution in [0, 0.1) is 0 Å². The van der Waals surface area contributed by atoms with Crippen LogP contribution in [0.15, 0.2) is 30.3 Å². The fourth-order valence-electron chi connectivity index (χ4n) is 0.795. The van der Waals surface area contributed by atoms with Gasteiger partial charge in [0.1, 0.15) is 0 Å². The van der Waals surface area contributed by atoms with Crippen LogP contribution in [0.4, 0.5) is 0 Å². The Balaban J connectivity index is -0.000000260. The standard InChI is InChI=1S/C7H6OS.C4H8OS.C3H6OS.C2H4OS/c8-7(9)6-4-2-1-3-5-6;1-2-3-4(5)6;1-2-3(4)5;1-2(3)4/h1-5H,(H,8,9);2-3H2,1H3,(H,5,6);2H2,1H3,(H,4,5);1H3,(H,3,4). The van der Waals surface area contributed by atoms with Crippen molar-refractivity contribution < 1.29 is 19.2 Å². The molecule has 0 atom stereocenters. The number of thiol groups is 4. The predicted octanol–water partition coefficient (Wildman–Crippen LogP) is 4.32. The van der Waals surface area contributed by atoms with Crippen LogP contribution in [0.3, 0.4) is 0 Å². The van der Waals surface area contributed by atoms with Crippen molar-refractivity contribution in [3.63, 3.8) is 0 Å². The summed E-state index contributed by atoms with van der Waals surface area (Å²) in [7, 11) is 0. The van der Waals surface area contributed by atoms with E-state index in [1.807, 2.05) is 25.1 Å². The lowest BCUT2D eigenvalue weighted by Gasteiger charge is -1.88. The molecule has 0 fully saturated rings. The molecule has 1 rings (SSSR count). The van der Waals surface area contributed by atoms with Crippen molar-refractivity contribution in [2.24, 2.45) is 0 Å². The summed E-state index contributed by atoms with van der Waals surface area (Å²) >= 11 is 14.0. The summed E-state index contributed by atoms with van der Waals surface area (Å²) < 4.78 is 0. The Labute approximate surface area is 165 Å². The number of carbonyl (C=O) groups is 4. The van der Waals surface area contributed by atoms with Crippen LogP contribution >= 0.6 is 50.5 Å². The highest BCUT2D eigenvalue weighted by molar-refractivity contribution is 7.97. The first-order valence-corrected chi connectivity index (χ1v) is 8.78. The molecule has 0 saturated heterocycles. The molecule has 0 N–H and O–H groups in total. The number of benzene rings is 1. The summed E-state index contributed by atoms with van der Waals surface area (Å²) in [5, 5.41) is -0.391. The Morgan fingerprint density at radius 3 is 1.33 bits per heavy atom. The predicted molar refractivity (Wildman–Crippen MR) is 113 cm³/mol. The number of rotatable bonds is 4. The first-order valence-electron chi connectivity index (χ1n) is 6.99. The van der Waals surface area contributed by atoms with Crippen molar-refractivity contribution in [2.75, 3.05) is 0 Å². The van der Waals surface area contributed by atoms with E-state index in [2.05, 4.69) is 50.5 Å². The van der Waals surface area contributed by atoms with E-state index in [1.54, 1.807) is 19.1 Å². The summed E-state index contributed by atoms with van der Waals surface area (Å²) in [4.78, 5) is 39.4. The maximum absolute atomic E-state index is 10.5. The fraction of sp³-hybridized carbons (Fsp3) is 0.375. The largest absolute Gasteiger partial charge is 0.288 e. The van der Waals surface area contributed by atoms with E-state index in [-0.39, 0.29) is 20.5 Å². The molecule has 0 saturated carbocycles. The van der Waals surface area contributed by atoms with Crippen LogP contribution in [0.1, 0.15) is 50.4 Å². The molecule has 0 radical (unpaired) electrons. The number of carbonyl (C=O) groups excluding carboxylic acids is 4. The van der Waals surface area contributed by atoms with Gasteiger partial charge in [0.25, 0.3) is 0 Å². The van der Waals surface area contributed by atoms with Gasteiger partial charge < -0.3 is 0 Å². The van der Waals surface area contributed by atoms with E-state index >= 15 is 0 Å². The minimum absolute atomic E-state index is 0.0162. The van der Waals surface area contributed by atoms with E-state index in [0.717, 1.165) is 6.42 Å². The Morgan fingerprint density at radius 2 is 1.21 bits per heavy atom.